The first-order chi connectivity index (χ1) is 12.1. The fraction of sp³-hybridized carbons (Fsp3) is 0.789. The molecule has 0 saturated heterocycles. The second-order valence-corrected chi connectivity index (χ2v) is 8.14. The fourth-order valence-corrected chi connectivity index (χ4v) is 4.08. The van der Waals surface area contributed by atoms with Crippen LogP contribution in [0.4, 0.5) is 0 Å². The summed E-state index contributed by atoms with van der Waals surface area (Å²) in [5.74, 6) is 0.980. The molecular weight excluding hydrogens is 330 g/mol. The van der Waals surface area contributed by atoms with E-state index in [-0.39, 0.29) is 0 Å². The molecule has 1 aromatic heterocycles. The molecule has 1 aliphatic rings. The Bertz CT molecular complexity index is 522. The summed E-state index contributed by atoms with van der Waals surface area (Å²) in [6.07, 6.45) is 8.09. The number of hydrogen-bond donors (Lipinski definition) is 1. The molecule has 6 heteroatoms. The van der Waals surface area contributed by atoms with Gasteiger partial charge in [0.1, 0.15) is 0 Å². The van der Waals surface area contributed by atoms with Crippen molar-refractivity contribution in [2.75, 3.05) is 33.7 Å². The molecule has 1 aliphatic carbocycles. The van der Waals surface area contributed by atoms with Gasteiger partial charge in [-0.15, -0.1) is 11.3 Å². The molecule has 0 atom stereocenters. The summed E-state index contributed by atoms with van der Waals surface area (Å²) in [6, 6.07) is 0.793. The molecule has 142 valence electrons. The average molecular weight is 366 g/mol. The van der Waals surface area contributed by atoms with Crippen molar-refractivity contribution in [1.29, 1.82) is 0 Å². The maximum absolute atomic E-state index is 4.81. The van der Waals surface area contributed by atoms with E-state index in [2.05, 4.69) is 53.4 Å². The standard InChI is InChI=1S/C19H35N5S/c1-5-20-19(24(4)14-17-15-25-16(2)22-17)21-12-9-13-23(3)18-10-7-6-8-11-18/h15,18H,5-14H2,1-4H3,(H,20,21). The zero-order chi connectivity index (χ0) is 18.1. The van der Waals surface area contributed by atoms with Crippen molar-refractivity contribution in [2.24, 2.45) is 4.99 Å². The lowest BCUT2D eigenvalue weighted by Gasteiger charge is -2.31. The molecule has 25 heavy (non-hydrogen) atoms. The van der Waals surface area contributed by atoms with Crippen LogP contribution in [0.3, 0.4) is 0 Å². The predicted octanol–water partition coefficient (Wildman–Crippen LogP) is 3.50. The third-order valence-corrected chi connectivity index (χ3v) is 5.71. The number of hydrogen-bond acceptors (Lipinski definition) is 4. The summed E-state index contributed by atoms with van der Waals surface area (Å²) in [4.78, 5) is 14.1. The van der Waals surface area contributed by atoms with E-state index in [1.807, 2.05) is 0 Å². The Morgan fingerprint density at radius 2 is 2.08 bits per heavy atom. The van der Waals surface area contributed by atoms with Crippen LogP contribution < -0.4 is 5.32 Å². The van der Waals surface area contributed by atoms with Crippen LogP contribution >= 0.6 is 11.3 Å². The number of guanidine groups is 1. The Hall–Kier alpha value is -1.14. The van der Waals surface area contributed by atoms with Gasteiger partial charge in [-0.1, -0.05) is 19.3 Å². The average Bonchev–Trinajstić information content (AvgIpc) is 3.02. The molecule has 0 aliphatic heterocycles. The SMILES string of the molecule is CCNC(=NCCCN(C)C1CCCCC1)N(C)Cc1csc(C)n1. The smallest absolute Gasteiger partial charge is 0.194 e. The van der Waals surface area contributed by atoms with Gasteiger partial charge in [0.15, 0.2) is 5.96 Å². The quantitative estimate of drug-likeness (QED) is 0.435. The van der Waals surface area contributed by atoms with E-state index >= 15 is 0 Å². The summed E-state index contributed by atoms with van der Waals surface area (Å²) in [7, 11) is 4.37. The molecule has 0 bridgehead atoms. The fourth-order valence-electron chi connectivity index (χ4n) is 3.48. The van der Waals surface area contributed by atoms with Crippen LogP contribution in [0.5, 0.6) is 0 Å². The Morgan fingerprint density at radius 3 is 2.72 bits per heavy atom. The van der Waals surface area contributed by atoms with E-state index < -0.39 is 0 Å². The van der Waals surface area contributed by atoms with Crippen molar-refractivity contribution >= 4 is 17.3 Å². The van der Waals surface area contributed by atoms with Crippen LogP contribution in [0.25, 0.3) is 0 Å². The van der Waals surface area contributed by atoms with Gasteiger partial charge < -0.3 is 15.1 Å². The minimum atomic E-state index is 0.793. The van der Waals surface area contributed by atoms with E-state index in [0.29, 0.717) is 0 Å². The second kappa shape index (κ2) is 10.8. The molecule has 1 N–H and O–H groups in total. The molecule has 0 spiro atoms. The van der Waals surface area contributed by atoms with E-state index in [1.54, 1.807) is 11.3 Å². The molecular formula is C19H35N5S. The molecule has 0 unspecified atom stereocenters. The molecule has 1 saturated carbocycles. The number of aromatic nitrogens is 1. The largest absolute Gasteiger partial charge is 0.357 e. The van der Waals surface area contributed by atoms with Gasteiger partial charge in [0.25, 0.3) is 0 Å². The number of nitrogens with zero attached hydrogens (tertiary/aromatic N) is 4. The van der Waals surface area contributed by atoms with E-state index in [9.17, 15) is 0 Å². The Morgan fingerprint density at radius 1 is 1.32 bits per heavy atom. The Kier molecular flexibility index (Phi) is 8.68. The zero-order valence-electron chi connectivity index (χ0n) is 16.4. The molecule has 1 fully saturated rings. The maximum atomic E-state index is 4.81. The summed E-state index contributed by atoms with van der Waals surface area (Å²) in [5.41, 5.74) is 1.12. The van der Waals surface area contributed by atoms with Gasteiger partial charge in [-0.25, -0.2) is 4.98 Å². The van der Waals surface area contributed by atoms with Crippen molar-refractivity contribution in [3.05, 3.63) is 16.1 Å². The van der Waals surface area contributed by atoms with E-state index in [4.69, 9.17) is 4.99 Å². The van der Waals surface area contributed by atoms with Crippen LogP contribution in [0.1, 0.15) is 56.2 Å². The van der Waals surface area contributed by atoms with Crippen LogP contribution in [-0.2, 0) is 6.54 Å². The maximum Gasteiger partial charge on any atom is 0.194 e. The van der Waals surface area contributed by atoms with Crippen molar-refractivity contribution in [2.45, 2.75) is 65.0 Å². The van der Waals surface area contributed by atoms with Crippen LogP contribution in [0, 0.1) is 6.92 Å². The van der Waals surface area contributed by atoms with Crippen LogP contribution in [0.2, 0.25) is 0 Å². The highest BCUT2D eigenvalue weighted by molar-refractivity contribution is 7.09. The Labute approximate surface area is 157 Å². The second-order valence-electron chi connectivity index (χ2n) is 7.08. The van der Waals surface area contributed by atoms with Crippen molar-refractivity contribution in [3.8, 4) is 0 Å². The normalized spacial score (nSPS) is 16.4. The number of nitrogens with one attached hydrogen (secondary N) is 1. The summed E-state index contributed by atoms with van der Waals surface area (Å²) < 4.78 is 0. The molecule has 0 aromatic carbocycles. The van der Waals surface area contributed by atoms with Gasteiger partial charge in [0.2, 0.25) is 0 Å². The van der Waals surface area contributed by atoms with Gasteiger partial charge in [-0.3, -0.25) is 4.99 Å². The zero-order valence-corrected chi connectivity index (χ0v) is 17.2. The lowest BCUT2D eigenvalue weighted by molar-refractivity contribution is 0.191. The molecule has 5 nitrogen and oxygen atoms in total. The lowest BCUT2D eigenvalue weighted by atomic mass is 9.94. The predicted molar refractivity (Wildman–Crippen MR) is 108 cm³/mol. The minimum absolute atomic E-state index is 0.793. The third-order valence-electron chi connectivity index (χ3n) is 4.89. The Balaban J connectivity index is 1.77. The molecule has 0 amide bonds. The molecule has 1 heterocycles. The first-order valence-electron chi connectivity index (χ1n) is 9.70. The van der Waals surface area contributed by atoms with Gasteiger partial charge in [-0.05, 0) is 46.7 Å². The van der Waals surface area contributed by atoms with Gasteiger partial charge in [0, 0.05) is 31.6 Å². The third kappa shape index (κ3) is 6.94. The number of rotatable bonds is 8. The van der Waals surface area contributed by atoms with Gasteiger partial charge >= 0.3 is 0 Å². The van der Waals surface area contributed by atoms with Gasteiger partial charge in [-0.2, -0.15) is 0 Å². The number of thiazole rings is 1. The van der Waals surface area contributed by atoms with Crippen molar-refractivity contribution in [1.82, 2.24) is 20.1 Å². The first-order valence-corrected chi connectivity index (χ1v) is 10.6. The lowest BCUT2D eigenvalue weighted by Crippen LogP contribution is -2.39. The monoisotopic (exact) mass is 365 g/mol. The first kappa shape index (κ1) is 20.2. The highest BCUT2D eigenvalue weighted by Crippen LogP contribution is 2.21. The number of aryl methyl sites for hydroxylation is 1. The van der Waals surface area contributed by atoms with E-state index in [0.717, 1.165) is 55.3 Å². The van der Waals surface area contributed by atoms with Crippen LogP contribution in [-0.4, -0.2) is 60.5 Å². The number of aliphatic imine (C=N–C) groups is 1. The van der Waals surface area contributed by atoms with Crippen molar-refractivity contribution in [3.63, 3.8) is 0 Å². The van der Waals surface area contributed by atoms with Crippen molar-refractivity contribution < 1.29 is 0 Å². The summed E-state index contributed by atoms with van der Waals surface area (Å²) in [5, 5.41) is 6.65. The van der Waals surface area contributed by atoms with Crippen LogP contribution in [0.15, 0.2) is 10.4 Å². The minimum Gasteiger partial charge on any atom is -0.357 e. The summed E-state index contributed by atoms with van der Waals surface area (Å²) in [6.45, 7) is 7.88. The summed E-state index contributed by atoms with van der Waals surface area (Å²) >= 11 is 1.71. The molecule has 1 aromatic rings. The molecule has 2 rings (SSSR count). The topological polar surface area (TPSA) is 43.8 Å². The highest BCUT2D eigenvalue weighted by atomic mass is 32.1. The highest BCUT2D eigenvalue weighted by Gasteiger charge is 2.17. The van der Waals surface area contributed by atoms with Gasteiger partial charge in [0.05, 0.1) is 17.2 Å². The molecule has 0 radical (unpaired) electrons. The van der Waals surface area contributed by atoms with E-state index in [1.165, 1.54) is 32.1 Å².